The molecule has 0 aromatic heterocycles. The van der Waals surface area contributed by atoms with Crippen LogP contribution in [0.1, 0.15) is 25.7 Å². The van der Waals surface area contributed by atoms with E-state index in [4.69, 9.17) is 0 Å². The Morgan fingerprint density at radius 2 is 1.71 bits per heavy atom. The number of halogens is 1. The standard InChI is InChI=1S/C8H14FNO.C6H6/c9-5-6-10-7-3-1-2-4-8(7)11;1-2-4-6-5-3-1/h7,10H,1-6H2;1-6H. The molecule has 1 atom stereocenters. The fraction of sp³-hybridized carbons (Fsp3) is 0.500. The van der Waals surface area contributed by atoms with Gasteiger partial charge in [-0.25, -0.2) is 4.39 Å². The van der Waals surface area contributed by atoms with Crippen molar-refractivity contribution in [2.45, 2.75) is 31.7 Å². The summed E-state index contributed by atoms with van der Waals surface area (Å²) in [5.41, 5.74) is 0. The van der Waals surface area contributed by atoms with Crippen molar-refractivity contribution in [3.8, 4) is 0 Å². The van der Waals surface area contributed by atoms with E-state index in [1.807, 2.05) is 36.4 Å². The van der Waals surface area contributed by atoms with Crippen molar-refractivity contribution >= 4 is 5.78 Å². The van der Waals surface area contributed by atoms with Crippen molar-refractivity contribution in [1.29, 1.82) is 0 Å². The molecule has 1 fully saturated rings. The second-order valence-electron chi connectivity index (χ2n) is 4.06. The molecule has 94 valence electrons. The van der Waals surface area contributed by atoms with Crippen molar-refractivity contribution in [2.75, 3.05) is 13.2 Å². The second-order valence-corrected chi connectivity index (χ2v) is 4.06. The zero-order valence-electron chi connectivity index (χ0n) is 10.1. The Morgan fingerprint density at radius 1 is 1.12 bits per heavy atom. The molecule has 1 saturated carbocycles. The van der Waals surface area contributed by atoms with Crippen molar-refractivity contribution < 1.29 is 9.18 Å². The van der Waals surface area contributed by atoms with Gasteiger partial charge in [-0.2, -0.15) is 0 Å². The molecule has 1 aliphatic carbocycles. The Labute approximate surface area is 102 Å². The lowest BCUT2D eigenvalue weighted by Gasteiger charge is -2.20. The monoisotopic (exact) mass is 237 g/mol. The molecule has 0 radical (unpaired) electrons. The van der Waals surface area contributed by atoms with E-state index in [9.17, 15) is 9.18 Å². The van der Waals surface area contributed by atoms with Gasteiger partial charge in [-0.1, -0.05) is 42.8 Å². The Bertz CT molecular complexity index is 276. The van der Waals surface area contributed by atoms with E-state index in [0.29, 0.717) is 13.0 Å². The first-order valence-electron chi connectivity index (χ1n) is 6.16. The number of Topliss-reactive ketones (excluding diaryl/α,β-unsaturated/α-hetero) is 1. The van der Waals surface area contributed by atoms with Gasteiger partial charge in [0, 0.05) is 13.0 Å². The van der Waals surface area contributed by atoms with Crippen LogP contribution in [0.5, 0.6) is 0 Å². The van der Waals surface area contributed by atoms with Crippen LogP contribution in [0.3, 0.4) is 0 Å². The number of rotatable bonds is 3. The van der Waals surface area contributed by atoms with Gasteiger partial charge >= 0.3 is 0 Å². The molecule has 2 rings (SSSR count). The van der Waals surface area contributed by atoms with Crippen LogP contribution in [0, 0.1) is 0 Å². The number of alkyl halides is 1. The van der Waals surface area contributed by atoms with Gasteiger partial charge in [-0.05, 0) is 12.8 Å². The fourth-order valence-electron chi connectivity index (χ4n) is 1.81. The molecular weight excluding hydrogens is 217 g/mol. The van der Waals surface area contributed by atoms with E-state index in [-0.39, 0.29) is 18.5 Å². The van der Waals surface area contributed by atoms with E-state index < -0.39 is 0 Å². The highest BCUT2D eigenvalue weighted by Gasteiger charge is 2.20. The molecule has 17 heavy (non-hydrogen) atoms. The zero-order chi connectivity index (χ0) is 12.3. The predicted octanol–water partition coefficient (Wildman–Crippen LogP) is 2.74. The number of ketones is 1. The molecule has 1 N–H and O–H groups in total. The van der Waals surface area contributed by atoms with Crippen LogP contribution in [0.15, 0.2) is 36.4 Å². The SMILES string of the molecule is O=C1CCCCC1NCCF.c1ccccc1. The first-order valence-corrected chi connectivity index (χ1v) is 6.16. The lowest BCUT2D eigenvalue weighted by Crippen LogP contribution is -2.39. The summed E-state index contributed by atoms with van der Waals surface area (Å²) in [6.07, 6.45) is 3.66. The molecule has 0 aliphatic heterocycles. The summed E-state index contributed by atoms with van der Waals surface area (Å²) >= 11 is 0. The largest absolute Gasteiger partial charge is 0.305 e. The molecule has 0 amide bonds. The summed E-state index contributed by atoms with van der Waals surface area (Å²) in [7, 11) is 0. The highest BCUT2D eigenvalue weighted by Crippen LogP contribution is 2.13. The van der Waals surface area contributed by atoms with E-state index >= 15 is 0 Å². The van der Waals surface area contributed by atoms with Crippen molar-refractivity contribution in [2.24, 2.45) is 0 Å². The Kier molecular flexibility index (Phi) is 7.23. The topological polar surface area (TPSA) is 29.1 Å². The highest BCUT2D eigenvalue weighted by atomic mass is 19.1. The van der Waals surface area contributed by atoms with Gasteiger partial charge in [-0.15, -0.1) is 0 Å². The fourth-order valence-corrected chi connectivity index (χ4v) is 1.81. The summed E-state index contributed by atoms with van der Waals surface area (Å²) in [6, 6.07) is 11.9. The van der Waals surface area contributed by atoms with Gasteiger partial charge in [-0.3, -0.25) is 4.79 Å². The minimum Gasteiger partial charge on any atom is -0.305 e. The van der Waals surface area contributed by atoms with E-state index in [1.165, 1.54) is 0 Å². The Morgan fingerprint density at radius 3 is 2.18 bits per heavy atom. The van der Waals surface area contributed by atoms with E-state index in [2.05, 4.69) is 5.32 Å². The van der Waals surface area contributed by atoms with Gasteiger partial charge in [0.05, 0.1) is 6.04 Å². The number of carbonyl (C=O) groups excluding carboxylic acids is 1. The van der Waals surface area contributed by atoms with Crippen LogP contribution in [0.2, 0.25) is 0 Å². The van der Waals surface area contributed by atoms with E-state index in [1.54, 1.807) is 0 Å². The molecule has 0 heterocycles. The van der Waals surface area contributed by atoms with Crippen molar-refractivity contribution in [3.05, 3.63) is 36.4 Å². The van der Waals surface area contributed by atoms with Gasteiger partial charge in [0.25, 0.3) is 0 Å². The molecule has 1 unspecified atom stereocenters. The lowest BCUT2D eigenvalue weighted by atomic mass is 9.94. The third kappa shape index (κ3) is 6.17. The molecule has 0 saturated heterocycles. The zero-order valence-corrected chi connectivity index (χ0v) is 10.1. The van der Waals surface area contributed by atoms with Crippen LogP contribution in [0.25, 0.3) is 0 Å². The quantitative estimate of drug-likeness (QED) is 0.875. The van der Waals surface area contributed by atoms with Crippen LogP contribution in [0.4, 0.5) is 4.39 Å². The van der Waals surface area contributed by atoms with Crippen molar-refractivity contribution in [3.63, 3.8) is 0 Å². The van der Waals surface area contributed by atoms with Crippen LogP contribution < -0.4 is 5.32 Å². The van der Waals surface area contributed by atoms with Crippen molar-refractivity contribution in [1.82, 2.24) is 5.32 Å². The smallest absolute Gasteiger partial charge is 0.149 e. The lowest BCUT2D eigenvalue weighted by molar-refractivity contribution is -0.122. The average molecular weight is 237 g/mol. The molecule has 0 spiro atoms. The van der Waals surface area contributed by atoms with Gasteiger partial charge in [0.15, 0.2) is 0 Å². The molecule has 0 bridgehead atoms. The highest BCUT2D eigenvalue weighted by molar-refractivity contribution is 5.84. The maximum Gasteiger partial charge on any atom is 0.149 e. The van der Waals surface area contributed by atoms with Crippen LogP contribution >= 0.6 is 0 Å². The van der Waals surface area contributed by atoms with E-state index in [0.717, 1.165) is 19.3 Å². The third-order valence-electron chi connectivity index (χ3n) is 2.71. The Hall–Kier alpha value is -1.22. The first kappa shape index (κ1) is 13.8. The maximum absolute atomic E-state index is 11.7. The summed E-state index contributed by atoms with van der Waals surface area (Å²) in [4.78, 5) is 11.1. The molecule has 1 aliphatic rings. The molecule has 3 heteroatoms. The predicted molar refractivity (Wildman–Crippen MR) is 67.7 cm³/mol. The summed E-state index contributed by atoms with van der Waals surface area (Å²) in [5, 5.41) is 2.90. The first-order chi connectivity index (χ1) is 8.34. The normalized spacial score (nSPS) is 19.4. The maximum atomic E-state index is 11.7. The van der Waals surface area contributed by atoms with Crippen LogP contribution in [-0.4, -0.2) is 25.0 Å². The average Bonchev–Trinajstić information content (AvgIpc) is 2.41. The molecular formula is C14H20FNO. The molecule has 1 aromatic rings. The number of hydrogen-bond acceptors (Lipinski definition) is 2. The summed E-state index contributed by atoms with van der Waals surface area (Å²) in [6.45, 7) is -0.0693. The number of hydrogen-bond donors (Lipinski definition) is 1. The number of benzene rings is 1. The van der Waals surface area contributed by atoms with Gasteiger partial charge in [0.1, 0.15) is 12.5 Å². The minimum absolute atomic E-state index is 0.0560. The molecule has 1 aromatic carbocycles. The summed E-state index contributed by atoms with van der Waals surface area (Å²) < 4.78 is 11.7. The number of nitrogens with one attached hydrogen (secondary N) is 1. The van der Waals surface area contributed by atoms with Gasteiger partial charge < -0.3 is 5.32 Å². The minimum atomic E-state index is -0.385. The van der Waals surface area contributed by atoms with Gasteiger partial charge in [0.2, 0.25) is 0 Å². The Balaban J connectivity index is 0.000000202. The summed E-state index contributed by atoms with van der Waals surface area (Å²) in [5.74, 6) is 0.254. The second kappa shape index (κ2) is 8.88. The molecule has 2 nitrogen and oxygen atoms in total. The van der Waals surface area contributed by atoms with Crippen LogP contribution in [-0.2, 0) is 4.79 Å². The number of carbonyl (C=O) groups is 1. The third-order valence-corrected chi connectivity index (χ3v) is 2.71.